The van der Waals surface area contributed by atoms with Crippen molar-refractivity contribution in [2.24, 2.45) is 17.6 Å². The standard InChI is InChI=1S/C18H25N3O2.ClH/c19-11-16(13-8-9-13)20-17(22)15-7-4-10-21(12-15)18(23)14-5-2-1-3-6-14;/h1-3,5-6,13,15-16H,4,7-12,19H2,(H,20,22);1H. The van der Waals surface area contributed by atoms with E-state index in [1.165, 1.54) is 0 Å². The Kier molecular flexibility index (Phi) is 6.63. The fourth-order valence-corrected chi connectivity index (χ4v) is 3.31. The van der Waals surface area contributed by atoms with Gasteiger partial charge in [0.25, 0.3) is 5.91 Å². The zero-order valence-corrected chi connectivity index (χ0v) is 14.6. The van der Waals surface area contributed by atoms with Gasteiger partial charge in [-0.25, -0.2) is 0 Å². The highest BCUT2D eigenvalue weighted by Crippen LogP contribution is 2.32. The fourth-order valence-electron chi connectivity index (χ4n) is 3.31. The van der Waals surface area contributed by atoms with E-state index >= 15 is 0 Å². The predicted molar refractivity (Wildman–Crippen MR) is 96.0 cm³/mol. The Hall–Kier alpha value is -1.59. The first-order chi connectivity index (χ1) is 11.2. The van der Waals surface area contributed by atoms with Crippen LogP contribution in [0.4, 0.5) is 0 Å². The molecule has 1 aliphatic heterocycles. The molecule has 1 aliphatic carbocycles. The molecular weight excluding hydrogens is 326 g/mol. The molecular formula is C18H26ClN3O2. The van der Waals surface area contributed by atoms with E-state index < -0.39 is 0 Å². The van der Waals surface area contributed by atoms with Crippen LogP contribution in [0.15, 0.2) is 30.3 Å². The molecule has 2 fully saturated rings. The van der Waals surface area contributed by atoms with Crippen molar-refractivity contribution in [1.29, 1.82) is 0 Å². The lowest BCUT2D eigenvalue weighted by molar-refractivity contribution is -0.127. The summed E-state index contributed by atoms with van der Waals surface area (Å²) in [5.74, 6) is 0.498. The van der Waals surface area contributed by atoms with Gasteiger partial charge in [0.05, 0.1) is 5.92 Å². The lowest BCUT2D eigenvalue weighted by Gasteiger charge is -2.33. The van der Waals surface area contributed by atoms with E-state index in [2.05, 4.69) is 5.32 Å². The van der Waals surface area contributed by atoms with Crippen molar-refractivity contribution in [3.8, 4) is 0 Å². The van der Waals surface area contributed by atoms with E-state index in [0.717, 1.165) is 32.2 Å². The minimum absolute atomic E-state index is 0. The summed E-state index contributed by atoms with van der Waals surface area (Å²) in [7, 11) is 0. The number of nitrogens with two attached hydrogens (primary N) is 1. The molecule has 2 amide bonds. The van der Waals surface area contributed by atoms with Crippen LogP contribution in [-0.4, -0.2) is 42.4 Å². The number of benzene rings is 1. The van der Waals surface area contributed by atoms with E-state index in [1.54, 1.807) is 4.90 Å². The molecule has 1 saturated carbocycles. The number of carbonyl (C=O) groups is 2. The molecule has 0 radical (unpaired) electrons. The molecule has 2 aliphatic rings. The van der Waals surface area contributed by atoms with Crippen molar-refractivity contribution in [3.63, 3.8) is 0 Å². The molecule has 3 rings (SSSR count). The first-order valence-electron chi connectivity index (χ1n) is 8.54. The molecule has 0 spiro atoms. The predicted octanol–water partition coefficient (Wildman–Crippen LogP) is 1.81. The molecule has 5 nitrogen and oxygen atoms in total. The van der Waals surface area contributed by atoms with Crippen molar-refractivity contribution in [1.82, 2.24) is 10.2 Å². The maximum absolute atomic E-state index is 12.5. The third-order valence-electron chi connectivity index (χ3n) is 4.87. The van der Waals surface area contributed by atoms with E-state index in [9.17, 15) is 9.59 Å². The van der Waals surface area contributed by atoms with Crippen LogP contribution >= 0.6 is 12.4 Å². The molecule has 1 saturated heterocycles. The van der Waals surface area contributed by atoms with Crippen LogP contribution in [-0.2, 0) is 4.79 Å². The van der Waals surface area contributed by atoms with Gasteiger partial charge < -0.3 is 16.0 Å². The van der Waals surface area contributed by atoms with Crippen molar-refractivity contribution in [2.45, 2.75) is 31.7 Å². The number of rotatable bonds is 5. The van der Waals surface area contributed by atoms with E-state index in [-0.39, 0.29) is 36.2 Å². The number of amides is 2. The number of halogens is 1. The summed E-state index contributed by atoms with van der Waals surface area (Å²) < 4.78 is 0. The van der Waals surface area contributed by atoms with Gasteiger partial charge in [-0.2, -0.15) is 0 Å². The summed E-state index contributed by atoms with van der Waals surface area (Å²) in [5, 5.41) is 3.10. The number of carbonyl (C=O) groups excluding carboxylic acids is 2. The SMILES string of the molecule is Cl.NCC(NC(=O)C1CCCN(C(=O)c2ccccc2)C1)C1CC1. The number of piperidine rings is 1. The first kappa shape index (κ1) is 18.7. The lowest BCUT2D eigenvalue weighted by atomic mass is 9.96. The third-order valence-corrected chi connectivity index (χ3v) is 4.87. The van der Waals surface area contributed by atoms with Gasteiger partial charge in [0.15, 0.2) is 0 Å². The van der Waals surface area contributed by atoms with Gasteiger partial charge in [-0.15, -0.1) is 12.4 Å². The van der Waals surface area contributed by atoms with Gasteiger partial charge in [-0.1, -0.05) is 18.2 Å². The molecule has 132 valence electrons. The normalized spacial score (nSPS) is 21.5. The van der Waals surface area contributed by atoms with Crippen LogP contribution in [0.3, 0.4) is 0 Å². The highest BCUT2D eigenvalue weighted by molar-refractivity contribution is 5.94. The van der Waals surface area contributed by atoms with Crippen LogP contribution in [0.2, 0.25) is 0 Å². The number of likely N-dealkylation sites (tertiary alicyclic amines) is 1. The van der Waals surface area contributed by atoms with Gasteiger partial charge >= 0.3 is 0 Å². The lowest BCUT2D eigenvalue weighted by Crippen LogP contribution is -2.49. The van der Waals surface area contributed by atoms with Crippen LogP contribution in [0.5, 0.6) is 0 Å². The largest absolute Gasteiger partial charge is 0.352 e. The Morgan fingerprint density at radius 2 is 1.92 bits per heavy atom. The molecule has 2 unspecified atom stereocenters. The summed E-state index contributed by atoms with van der Waals surface area (Å²) in [5.41, 5.74) is 6.45. The zero-order chi connectivity index (χ0) is 16.2. The second kappa shape index (κ2) is 8.49. The Morgan fingerprint density at radius 1 is 1.21 bits per heavy atom. The minimum Gasteiger partial charge on any atom is -0.352 e. The first-order valence-corrected chi connectivity index (χ1v) is 8.54. The van der Waals surface area contributed by atoms with Crippen LogP contribution in [0, 0.1) is 11.8 Å². The average molecular weight is 352 g/mol. The number of hydrogen-bond donors (Lipinski definition) is 2. The maximum atomic E-state index is 12.5. The monoisotopic (exact) mass is 351 g/mol. The van der Waals surface area contributed by atoms with Crippen molar-refractivity contribution < 1.29 is 9.59 Å². The maximum Gasteiger partial charge on any atom is 0.253 e. The second-order valence-corrected chi connectivity index (χ2v) is 6.64. The summed E-state index contributed by atoms with van der Waals surface area (Å²) in [6.45, 7) is 1.72. The highest BCUT2D eigenvalue weighted by Gasteiger charge is 2.34. The van der Waals surface area contributed by atoms with Gasteiger partial charge in [0.2, 0.25) is 5.91 Å². The van der Waals surface area contributed by atoms with Crippen LogP contribution < -0.4 is 11.1 Å². The summed E-state index contributed by atoms with van der Waals surface area (Å²) in [6, 6.07) is 9.37. The van der Waals surface area contributed by atoms with Gasteiger partial charge in [0.1, 0.15) is 0 Å². The molecule has 1 aromatic rings. The Morgan fingerprint density at radius 3 is 2.54 bits per heavy atom. The molecule has 1 aromatic carbocycles. The number of nitrogens with one attached hydrogen (secondary N) is 1. The van der Waals surface area contributed by atoms with Crippen molar-refractivity contribution in [3.05, 3.63) is 35.9 Å². The average Bonchev–Trinajstić information content (AvgIpc) is 3.44. The Labute approximate surface area is 149 Å². The Bertz CT molecular complexity index is 563. The second-order valence-electron chi connectivity index (χ2n) is 6.64. The van der Waals surface area contributed by atoms with Gasteiger partial charge in [0, 0.05) is 31.2 Å². The van der Waals surface area contributed by atoms with Gasteiger partial charge in [-0.3, -0.25) is 9.59 Å². The molecule has 3 N–H and O–H groups in total. The van der Waals surface area contributed by atoms with Gasteiger partial charge in [-0.05, 0) is 43.7 Å². The summed E-state index contributed by atoms with van der Waals surface area (Å²) >= 11 is 0. The van der Waals surface area contributed by atoms with Crippen molar-refractivity contribution in [2.75, 3.05) is 19.6 Å². The summed E-state index contributed by atoms with van der Waals surface area (Å²) in [4.78, 5) is 26.8. The quantitative estimate of drug-likeness (QED) is 0.849. The fraction of sp³-hybridized carbons (Fsp3) is 0.556. The molecule has 0 bridgehead atoms. The smallest absolute Gasteiger partial charge is 0.253 e. The third kappa shape index (κ3) is 4.48. The van der Waals surface area contributed by atoms with Crippen molar-refractivity contribution >= 4 is 24.2 Å². The van der Waals surface area contributed by atoms with E-state index in [4.69, 9.17) is 5.73 Å². The van der Waals surface area contributed by atoms with E-state index in [0.29, 0.717) is 24.6 Å². The molecule has 1 heterocycles. The molecule has 0 aromatic heterocycles. The molecule has 6 heteroatoms. The zero-order valence-electron chi connectivity index (χ0n) is 13.8. The molecule has 24 heavy (non-hydrogen) atoms. The number of hydrogen-bond acceptors (Lipinski definition) is 3. The van der Waals surface area contributed by atoms with Crippen LogP contribution in [0.25, 0.3) is 0 Å². The summed E-state index contributed by atoms with van der Waals surface area (Å²) in [6.07, 6.45) is 4.02. The topological polar surface area (TPSA) is 75.4 Å². The Balaban J connectivity index is 0.00000208. The number of nitrogens with zero attached hydrogens (tertiary/aromatic N) is 1. The minimum atomic E-state index is -0.121. The highest BCUT2D eigenvalue weighted by atomic mass is 35.5. The molecule has 2 atom stereocenters. The van der Waals surface area contributed by atoms with Crippen LogP contribution in [0.1, 0.15) is 36.0 Å². The van der Waals surface area contributed by atoms with E-state index in [1.807, 2.05) is 30.3 Å².